The number of rotatable bonds is 52. The van der Waals surface area contributed by atoms with Gasteiger partial charge in [0.25, 0.3) is 0 Å². The minimum atomic E-state index is -4.29. The summed E-state index contributed by atoms with van der Waals surface area (Å²) in [6.07, 6.45) is 36.7. The summed E-state index contributed by atoms with van der Waals surface area (Å²) in [5.41, 5.74) is 2.97. The molecule has 3 unspecified atom stereocenters. The first-order chi connectivity index (χ1) is 45.6. The van der Waals surface area contributed by atoms with E-state index in [-0.39, 0.29) is 139 Å². The predicted octanol–water partition coefficient (Wildman–Crippen LogP) is 8.30. The smallest absolute Gasteiger partial charge is 0.748 e. The number of halogens is 1. The SMILES string of the molecule is CCCCCCCCCCCCC(OC(=O)NCCCS(=O)(=O)[O-])c1ccc(Cl)o1.CCCCCCCCCCCCC(OC(=O)NCCCS(=O)(=O)[O-])c1ccc(OC)cc1.CCCCCCCCCCCCC(OC(=O)NCCCS(=O)(=O)[O-])c1ccc2c(c1)CCO2.[Na+].[Na+].[Na+]. The van der Waals surface area contributed by atoms with Crippen molar-refractivity contribution in [2.75, 3.05) is 50.6 Å². The third kappa shape index (κ3) is 54.8. The van der Waals surface area contributed by atoms with E-state index in [0.717, 1.165) is 86.0 Å². The summed E-state index contributed by atoms with van der Waals surface area (Å²) in [5.74, 6) is 0.569. The maximum atomic E-state index is 12.3. The van der Waals surface area contributed by atoms with Gasteiger partial charge in [-0.1, -0.05) is 212 Å². The van der Waals surface area contributed by atoms with Crippen LogP contribution in [0.25, 0.3) is 0 Å². The summed E-state index contributed by atoms with van der Waals surface area (Å²) in [4.78, 5) is 36.5. The molecule has 2 aromatic carbocycles. The molecular formula is C70H115ClN3Na3O18S3. The fraction of sp³-hybridized carbons (Fsp3) is 0.729. The van der Waals surface area contributed by atoms with Crippen molar-refractivity contribution < 1.29 is 170 Å². The second-order valence-electron chi connectivity index (χ2n) is 24.6. The number of carbonyl (C=O) groups excluding carboxylic acids is 3. The molecule has 0 saturated heterocycles. The first kappa shape index (κ1) is 98.2. The van der Waals surface area contributed by atoms with Crippen LogP contribution in [0.4, 0.5) is 14.4 Å². The quantitative estimate of drug-likeness (QED) is 0.0207. The number of alkyl carbamates (subject to hydrolysis) is 3. The van der Waals surface area contributed by atoms with Crippen molar-refractivity contribution in [3.8, 4) is 11.5 Å². The Morgan fingerprint density at radius 1 is 0.449 bits per heavy atom. The van der Waals surface area contributed by atoms with Crippen LogP contribution in [0.5, 0.6) is 11.5 Å². The van der Waals surface area contributed by atoms with Crippen LogP contribution in [0.15, 0.2) is 59.0 Å². The van der Waals surface area contributed by atoms with E-state index in [9.17, 15) is 53.3 Å². The van der Waals surface area contributed by atoms with Crippen molar-refractivity contribution in [3.05, 3.63) is 82.3 Å². The first-order valence-electron chi connectivity index (χ1n) is 35.3. The maximum Gasteiger partial charge on any atom is 1.00 e. The molecule has 0 saturated carbocycles. The average molecular weight is 1490 g/mol. The maximum absolute atomic E-state index is 12.3. The van der Waals surface area contributed by atoms with Crippen molar-refractivity contribution in [2.45, 2.75) is 277 Å². The summed E-state index contributed by atoms with van der Waals surface area (Å²) in [7, 11) is -11.2. The molecular weight excluding hydrogens is 1370 g/mol. The number of ether oxygens (including phenoxy) is 5. The molecule has 1 aliphatic heterocycles. The van der Waals surface area contributed by atoms with Gasteiger partial charge in [-0.15, -0.1) is 0 Å². The van der Waals surface area contributed by atoms with E-state index in [4.69, 9.17) is 39.7 Å². The van der Waals surface area contributed by atoms with Gasteiger partial charge in [0, 0.05) is 43.3 Å². The van der Waals surface area contributed by atoms with E-state index in [1.54, 1.807) is 19.2 Å². The summed E-state index contributed by atoms with van der Waals surface area (Å²) in [5, 5.41) is 7.77. The third-order valence-electron chi connectivity index (χ3n) is 16.2. The Morgan fingerprint density at radius 3 is 1.11 bits per heavy atom. The molecule has 1 aromatic heterocycles. The number of unbranched alkanes of at least 4 members (excludes halogenated alkanes) is 27. The second-order valence-corrected chi connectivity index (χ2v) is 29.5. The van der Waals surface area contributed by atoms with Crippen LogP contribution >= 0.6 is 11.6 Å². The van der Waals surface area contributed by atoms with Gasteiger partial charge in [0.1, 0.15) is 29.5 Å². The molecule has 2 heterocycles. The molecule has 3 amide bonds. The van der Waals surface area contributed by atoms with Crippen molar-refractivity contribution in [2.24, 2.45) is 0 Å². The van der Waals surface area contributed by atoms with Crippen molar-refractivity contribution in [1.82, 2.24) is 16.0 Å². The van der Waals surface area contributed by atoms with Crippen LogP contribution in [-0.2, 0) is 51.0 Å². The van der Waals surface area contributed by atoms with E-state index in [2.05, 4.69) is 42.8 Å². The first-order valence-corrected chi connectivity index (χ1v) is 40.5. The van der Waals surface area contributed by atoms with Crippen LogP contribution in [0.1, 0.15) is 293 Å². The molecule has 0 fully saturated rings. The van der Waals surface area contributed by atoms with Crippen LogP contribution < -0.4 is 114 Å². The number of methoxy groups -OCH3 is 1. The number of amides is 3. The summed E-state index contributed by atoms with van der Waals surface area (Å²) < 4.78 is 129. The van der Waals surface area contributed by atoms with Crippen LogP contribution in [0.3, 0.4) is 0 Å². The van der Waals surface area contributed by atoms with Crippen LogP contribution in [0, 0.1) is 0 Å². The zero-order valence-corrected chi connectivity index (χ0v) is 69.7. The molecule has 0 spiro atoms. The number of nitrogens with one attached hydrogen (secondary N) is 3. The van der Waals surface area contributed by atoms with Gasteiger partial charge in [-0.05, 0) is 122 Å². The predicted molar refractivity (Wildman–Crippen MR) is 371 cm³/mol. The van der Waals surface area contributed by atoms with E-state index in [1.807, 2.05) is 36.4 Å². The van der Waals surface area contributed by atoms with E-state index in [0.29, 0.717) is 25.2 Å². The number of furan rings is 1. The van der Waals surface area contributed by atoms with Gasteiger partial charge >= 0.3 is 107 Å². The molecule has 0 aliphatic carbocycles. The van der Waals surface area contributed by atoms with Gasteiger partial charge in [-0.2, -0.15) is 0 Å². The molecule has 4 rings (SSSR count). The Kier molecular flexibility index (Phi) is 61.6. The molecule has 3 aromatic rings. The Morgan fingerprint density at radius 2 is 0.776 bits per heavy atom. The van der Waals surface area contributed by atoms with Gasteiger partial charge in [0.2, 0.25) is 0 Å². The summed E-state index contributed by atoms with van der Waals surface area (Å²) in [6, 6.07) is 16.7. The van der Waals surface area contributed by atoms with Crippen LogP contribution in [0.2, 0.25) is 5.22 Å². The van der Waals surface area contributed by atoms with Gasteiger partial charge in [-0.3, -0.25) is 0 Å². The zero-order chi connectivity index (χ0) is 69.8. The molecule has 0 radical (unpaired) electrons. The molecule has 98 heavy (non-hydrogen) atoms. The van der Waals surface area contributed by atoms with Crippen molar-refractivity contribution in [1.29, 1.82) is 0 Å². The molecule has 21 nitrogen and oxygen atoms in total. The minimum absolute atomic E-state index is 0. The Hall–Kier alpha value is -1.85. The van der Waals surface area contributed by atoms with Gasteiger partial charge < -0.3 is 57.7 Å². The summed E-state index contributed by atoms with van der Waals surface area (Å²) >= 11 is 5.84. The molecule has 0 bridgehead atoms. The molecule has 546 valence electrons. The van der Waals surface area contributed by atoms with E-state index >= 15 is 0 Å². The second kappa shape index (κ2) is 61.5. The van der Waals surface area contributed by atoms with E-state index in [1.165, 1.54) is 148 Å². The Bertz CT molecular complexity index is 2840. The zero-order valence-electron chi connectivity index (χ0n) is 60.5. The number of carbonyl (C=O) groups is 3. The Balaban J connectivity index is 0. The standard InChI is InChI=1S/C25H41NO6S.C24H41NO6S.C21H36ClNO6S.3Na/c1-2-3-4-5-6-7-8-9-10-11-13-24(21-14-15-23-22(20-21)16-18-31-23)32-25(27)26-17-12-19-33(28,29)30;1-3-4-5-6-7-8-9-10-11-12-14-23(21-15-17-22(30-2)18-16-21)31-24(26)25-19-13-20-32(27,28)29;1-2-3-4-5-6-7-8-9-10-11-13-18(19-14-15-20(22)28-19)29-21(24)23-16-12-17-30(25,26)27;;;/h14-15,20,24H,2-13,16-19H2,1H3,(H,26,27)(H,28,29,30);15-18,23H,3-14,19-20H2,1-2H3,(H,25,26)(H,27,28,29);14-15,18H,2-13,16-17H2,1H3,(H,23,24)(H,25,26,27);;;/q;;;3*+1/p-3. The van der Waals surface area contributed by atoms with Gasteiger partial charge in [-0.25, -0.2) is 39.6 Å². The largest absolute Gasteiger partial charge is 1.00 e. The topological polar surface area (TPSA) is 318 Å². The third-order valence-corrected chi connectivity index (χ3v) is 18.8. The van der Waals surface area contributed by atoms with Gasteiger partial charge in [0.15, 0.2) is 11.3 Å². The molecule has 3 N–H and O–H groups in total. The van der Waals surface area contributed by atoms with Crippen molar-refractivity contribution >= 4 is 60.2 Å². The minimum Gasteiger partial charge on any atom is -0.748 e. The van der Waals surface area contributed by atoms with Gasteiger partial charge in [0.05, 0.1) is 44.1 Å². The number of benzene rings is 2. The number of fused-ring (bicyclic) bond motifs is 1. The normalized spacial score (nSPS) is 12.6. The fourth-order valence-electron chi connectivity index (χ4n) is 10.9. The Labute approximate surface area is 660 Å². The monoisotopic (exact) mass is 1490 g/mol. The molecule has 1 aliphatic rings. The molecule has 28 heteroatoms. The fourth-order valence-corrected chi connectivity index (χ4v) is 12.5. The summed E-state index contributed by atoms with van der Waals surface area (Å²) in [6.45, 7) is 7.57. The van der Waals surface area contributed by atoms with E-state index < -0.39 is 78.1 Å². The number of hydrogen-bond donors (Lipinski definition) is 3. The number of hydrogen-bond acceptors (Lipinski definition) is 18. The molecule has 3 atom stereocenters. The van der Waals surface area contributed by atoms with Crippen molar-refractivity contribution in [3.63, 3.8) is 0 Å². The van der Waals surface area contributed by atoms with Crippen LogP contribution in [-0.4, -0.2) is 108 Å². The average Bonchev–Trinajstić information content (AvgIpc) is 1.57.